The van der Waals surface area contributed by atoms with Crippen LogP contribution in [0.25, 0.3) is 0 Å². The summed E-state index contributed by atoms with van der Waals surface area (Å²) in [5.41, 5.74) is 1.44. The third kappa shape index (κ3) is 6.25. The minimum absolute atomic E-state index is 0.0983. The molecule has 2 aromatic rings. The lowest BCUT2D eigenvalue weighted by molar-refractivity contribution is 0.192. The lowest BCUT2D eigenvalue weighted by Crippen LogP contribution is -2.40. The van der Waals surface area contributed by atoms with Crippen molar-refractivity contribution in [3.63, 3.8) is 0 Å². The van der Waals surface area contributed by atoms with E-state index in [1.165, 1.54) is 18.2 Å². The van der Waals surface area contributed by atoms with Gasteiger partial charge in [-0.1, -0.05) is 29.3 Å². The van der Waals surface area contributed by atoms with Crippen molar-refractivity contribution in [3.05, 3.63) is 52.0 Å². The van der Waals surface area contributed by atoms with Gasteiger partial charge in [0.15, 0.2) is 0 Å². The number of anilines is 1. The van der Waals surface area contributed by atoms with Gasteiger partial charge >= 0.3 is 16.1 Å². The van der Waals surface area contributed by atoms with Crippen molar-refractivity contribution in [2.45, 2.75) is 51.1 Å². The Morgan fingerprint density at radius 3 is 2.33 bits per heavy atom. The second-order valence-corrected chi connectivity index (χ2v) is 10.1. The predicted octanol–water partition coefficient (Wildman–Crippen LogP) is 5.30. The number of benzene rings is 2. The van der Waals surface area contributed by atoms with Crippen LogP contribution in [0, 0.1) is 0 Å². The molecule has 2 aromatic carbocycles. The molecule has 1 aliphatic carbocycles. The van der Waals surface area contributed by atoms with E-state index in [9.17, 15) is 13.2 Å². The van der Waals surface area contributed by atoms with Crippen LogP contribution in [-0.4, -0.2) is 45.0 Å². The summed E-state index contributed by atoms with van der Waals surface area (Å²) in [7, 11) is -4.18. The molecule has 0 atom stereocenters. The van der Waals surface area contributed by atoms with E-state index in [0.717, 1.165) is 31.6 Å². The summed E-state index contributed by atoms with van der Waals surface area (Å²) >= 11 is 12.0. The maximum atomic E-state index is 13.1. The number of carbonyl (C=O) groups excluding carboxylic acids is 1. The Morgan fingerprint density at radius 2 is 1.76 bits per heavy atom. The Morgan fingerprint density at radius 1 is 1.06 bits per heavy atom. The maximum absolute atomic E-state index is 13.1. The van der Waals surface area contributed by atoms with Crippen LogP contribution < -0.4 is 14.4 Å². The molecule has 0 radical (unpaired) electrons. The normalized spacial score (nSPS) is 13.5. The average molecular weight is 514 g/mol. The molecule has 2 amide bonds. The van der Waals surface area contributed by atoms with E-state index in [4.69, 9.17) is 27.4 Å². The summed E-state index contributed by atoms with van der Waals surface area (Å²) in [6, 6.07) is 9.44. The zero-order valence-electron chi connectivity index (χ0n) is 19.0. The number of urea groups is 1. The van der Waals surface area contributed by atoms with Crippen LogP contribution in [0.15, 0.2) is 41.3 Å². The summed E-state index contributed by atoms with van der Waals surface area (Å²) < 4.78 is 31.8. The van der Waals surface area contributed by atoms with E-state index in [1.807, 2.05) is 32.9 Å². The summed E-state index contributed by atoms with van der Waals surface area (Å²) in [6.07, 6.45) is 1.85. The van der Waals surface area contributed by atoms with Gasteiger partial charge in [-0.25, -0.2) is 4.79 Å². The van der Waals surface area contributed by atoms with Crippen LogP contribution in [0.4, 0.5) is 10.5 Å². The van der Waals surface area contributed by atoms with Crippen molar-refractivity contribution in [2.75, 3.05) is 24.5 Å². The van der Waals surface area contributed by atoms with E-state index < -0.39 is 10.1 Å². The number of hydrogen-bond donors (Lipinski definition) is 1. The molecule has 0 spiro atoms. The summed E-state index contributed by atoms with van der Waals surface area (Å²) in [5.74, 6) is 0.181. The zero-order chi connectivity index (χ0) is 24.2. The van der Waals surface area contributed by atoms with Gasteiger partial charge in [-0.05, 0) is 57.9 Å². The fourth-order valence-corrected chi connectivity index (χ4v) is 4.87. The fraction of sp³-hybridized carbons (Fsp3) is 0.435. The molecule has 0 aromatic heterocycles. The van der Waals surface area contributed by atoms with Gasteiger partial charge in [0, 0.05) is 43.0 Å². The van der Waals surface area contributed by atoms with Crippen molar-refractivity contribution in [3.8, 4) is 5.75 Å². The Balaban J connectivity index is 1.99. The summed E-state index contributed by atoms with van der Waals surface area (Å²) in [6.45, 7) is 8.16. The molecule has 7 nitrogen and oxygen atoms in total. The SMILES string of the molecule is CCNC(=O)N(Cc1ccc(N(CC)CC)cc1OS(=O)(=O)c1ccc(Cl)c(Cl)c1)C1CC1. The molecule has 1 aliphatic rings. The zero-order valence-corrected chi connectivity index (χ0v) is 21.3. The third-order valence-electron chi connectivity index (χ3n) is 5.48. The molecule has 33 heavy (non-hydrogen) atoms. The van der Waals surface area contributed by atoms with E-state index >= 15 is 0 Å². The van der Waals surface area contributed by atoms with Gasteiger partial charge in [0.2, 0.25) is 0 Å². The Labute approximate surface area is 205 Å². The Kier molecular flexibility index (Phi) is 8.37. The first kappa shape index (κ1) is 25.5. The van der Waals surface area contributed by atoms with Crippen molar-refractivity contribution in [1.82, 2.24) is 10.2 Å². The van der Waals surface area contributed by atoms with Gasteiger partial charge in [-0.15, -0.1) is 0 Å². The number of halogens is 2. The lowest BCUT2D eigenvalue weighted by Gasteiger charge is -2.26. The molecule has 0 unspecified atom stereocenters. The molecular weight excluding hydrogens is 485 g/mol. The van der Waals surface area contributed by atoms with Gasteiger partial charge in [-0.3, -0.25) is 0 Å². The molecule has 0 aliphatic heterocycles. The molecule has 0 heterocycles. The van der Waals surface area contributed by atoms with E-state index in [-0.39, 0.29) is 39.3 Å². The van der Waals surface area contributed by atoms with Crippen molar-refractivity contribution in [2.24, 2.45) is 0 Å². The number of nitrogens with zero attached hydrogens (tertiary/aromatic N) is 2. The van der Waals surface area contributed by atoms with E-state index in [1.54, 1.807) is 11.0 Å². The number of nitrogens with one attached hydrogen (secondary N) is 1. The third-order valence-corrected chi connectivity index (χ3v) is 7.45. The molecule has 1 N–H and O–H groups in total. The highest BCUT2D eigenvalue weighted by Crippen LogP contribution is 2.34. The topological polar surface area (TPSA) is 79.0 Å². The van der Waals surface area contributed by atoms with Crippen LogP contribution >= 0.6 is 23.2 Å². The molecule has 0 bridgehead atoms. The van der Waals surface area contributed by atoms with Gasteiger partial charge in [0.25, 0.3) is 0 Å². The Bertz CT molecular complexity index is 1100. The number of amides is 2. The van der Waals surface area contributed by atoms with E-state index in [2.05, 4.69) is 10.2 Å². The highest BCUT2D eigenvalue weighted by atomic mass is 35.5. The predicted molar refractivity (Wildman–Crippen MR) is 132 cm³/mol. The molecule has 1 saturated carbocycles. The second kappa shape index (κ2) is 10.8. The molecule has 180 valence electrons. The first-order valence-corrected chi connectivity index (χ1v) is 13.2. The number of carbonyl (C=O) groups is 1. The molecule has 10 heteroatoms. The van der Waals surface area contributed by atoms with Crippen LogP contribution in [0.2, 0.25) is 10.0 Å². The van der Waals surface area contributed by atoms with Crippen molar-refractivity contribution in [1.29, 1.82) is 0 Å². The van der Waals surface area contributed by atoms with Crippen LogP contribution in [0.1, 0.15) is 39.2 Å². The summed E-state index contributed by atoms with van der Waals surface area (Å²) in [4.78, 5) is 16.3. The average Bonchev–Trinajstić information content (AvgIpc) is 3.61. The highest BCUT2D eigenvalue weighted by molar-refractivity contribution is 7.87. The minimum Gasteiger partial charge on any atom is -0.379 e. The second-order valence-electron chi connectivity index (χ2n) is 7.77. The Hall–Kier alpha value is -2.16. The van der Waals surface area contributed by atoms with Crippen LogP contribution in [0.3, 0.4) is 0 Å². The molecular formula is C23H29Cl2N3O4S. The van der Waals surface area contributed by atoms with Gasteiger partial charge in [-0.2, -0.15) is 8.42 Å². The molecule has 3 rings (SSSR count). The monoisotopic (exact) mass is 513 g/mol. The minimum atomic E-state index is -4.18. The number of rotatable bonds is 10. The largest absolute Gasteiger partial charge is 0.379 e. The summed E-state index contributed by atoms with van der Waals surface area (Å²) in [5, 5.41) is 3.20. The first-order chi connectivity index (χ1) is 15.7. The van der Waals surface area contributed by atoms with Gasteiger partial charge < -0.3 is 19.3 Å². The van der Waals surface area contributed by atoms with Crippen LogP contribution in [0.5, 0.6) is 5.75 Å². The fourth-order valence-electron chi connectivity index (χ4n) is 3.52. The lowest BCUT2D eigenvalue weighted by atomic mass is 10.1. The smallest absolute Gasteiger partial charge is 0.339 e. The van der Waals surface area contributed by atoms with Crippen LogP contribution in [-0.2, 0) is 16.7 Å². The van der Waals surface area contributed by atoms with Gasteiger partial charge in [0.1, 0.15) is 10.6 Å². The molecule has 1 fully saturated rings. The molecule has 0 saturated heterocycles. The van der Waals surface area contributed by atoms with Crippen molar-refractivity contribution < 1.29 is 17.4 Å². The quantitative estimate of drug-likeness (QED) is 0.436. The standard InChI is InChI=1S/C23H29Cl2N3O4S/c1-4-26-23(29)28(17-9-10-17)15-16-7-8-18(27(5-2)6-3)13-22(16)32-33(30,31)19-11-12-20(24)21(25)14-19/h7-8,11-14,17H,4-6,9-10,15H2,1-3H3,(H,26,29). The first-order valence-electron chi connectivity index (χ1n) is 11.0. The highest BCUT2D eigenvalue weighted by Gasteiger charge is 2.33. The maximum Gasteiger partial charge on any atom is 0.339 e. The van der Waals surface area contributed by atoms with Gasteiger partial charge in [0.05, 0.1) is 16.6 Å². The number of hydrogen-bond acceptors (Lipinski definition) is 5. The van der Waals surface area contributed by atoms with Crippen molar-refractivity contribution >= 4 is 45.0 Å². The van der Waals surface area contributed by atoms with E-state index in [0.29, 0.717) is 12.1 Å².